The van der Waals surface area contributed by atoms with E-state index in [4.69, 9.17) is 14.7 Å². The van der Waals surface area contributed by atoms with E-state index in [1.165, 1.54) is 0 Å². The summed E-state index contributed by atoms with van der Waals surface area (Å²) in [6.45, 7) is 1.97. The van der Waals surface area contributed by atoms with Crippen LogP contribution in [0.1, 0.15) is 18.4 Å². The summed E-state index contributed by atoms with van der Waals surface area (Å²) in [6.07, 6.45) is 1.77. The number of hydrogen-bond donors (Lipinski definition) is 1. The van der Waals surface area contributed by atoms with Gasteiger partial charge < -0.3 is 14.8 Å². The van der Waals surface area contributed by atoms with Crippen LogP contribution in [0.2, 0.25) is 0 Å². The lowest BCUT2D eigenvalue weighted by Gasteiger charge is -2.36. The van der Waals surface area contributed by atoms with Crippen molar-refractivity contribution < 1.29 is 14.3 Å². The monoisotopic (exact) mass is 317 g/mol. The Morgan fingerprint density at radius 2 is 2.17 bits per heavy atom. The van der Waals surface area contributed by atoms with Gasteiger partial charge in [0.25, 0.3) is 0 Å². The van der Waals surface area contributed by atoms with E-state index in [9.17, 15) is 4.79 Å². The van der Waals surface area contributed by atoms with Crippen LogP contribution in [0.5, 0.6) is 5.75 Å². The quantitative estimate of drug-likeness (QED) is 0.821. The van der Waals surface area contributed by atoms with Crippen molar-refractivity contribution in [1.82, 2.24) is 10.2 Å². The highest BCUT2D eigenvalue weighted by Gasteiger charge is 2.46. The average Bonchev–Trinajstić information content (AvgIpc) is 2.97. The van der Waals surface area contributed by atoms with Crippen molar-refractivity contribution in [2.24, 2.45) is 0 Å². The molecule has 1 fully saturated rings. The second-order valence-electron chi connectivity index (χ2n) is 5.66. The Hall–Kier alpha value is -2.10. The number of rotatable bonds is 7. The zero-order valence-corrected chi connectivity index (χ0v) is 13.7. The highest BCUT2D eigenvalue weighted by atomic mass is 16.5. The number of nitriles is 1. The first-order chi connectivity index (χ1) is 11.2. The summed E-state index contributed by atoms with van der Waals surface area (Å²) in [7, 11) is 3.29. The van der Waals surface area contributed by atoms with Crippen molar-refractivity contribution >= 4 is 5.91 Å². The molecule has 1 aliphatic heterocycles. The molecular formula is C17H23N3O3. The van der Waals surface area contributed by atoms with Gasteiger partial charge in [-0.2, -0.15) is 5.26 Å². The topological polar surface area (TPSA) is 74.6 Å². The number of methoxy groups -OCH3 is 1. The Balaban J connectivity index is 2.11. The summed E-state index contributed by atoms with van der Waals surface area (Å²) in [5, 5.41) is 11.3. The van der Waals surface area contributed by atoms with Crippen molar-refractivity contribution in [3.8, 4) is 11.8 Å². The molecule has 23 heavy (non-hydrogen) atoms. The third kappa shape index (κ3) is 3.81. The fourth-order valence-electron chi connectivity index (χ4n) is 3.15. The van der Waals surface area contributed by atoms with Crippen LogP contribution in [0.25, 0.3) is 0 Å². The first-order valence-corrected chi connectivity index (χ1v) is 7.71. The van der Waals surface area contributed by atoms with E-state index >= 15 is 0 Å². The number of hydrogen-bond acceptors (Lipinski definition) is 5. The number of likely N-dealkylation sites (N-methyl/N-ethyl adjacent to an activating group) is 1. The molecule has 1 aliphatic rings. The number of carbonyl (C=O) groups excluding carboxylic acids is 1. The molecule has 1 N–H and O–H groups in total. The molecule has 1 atom stereocenters. The van der Waals surface area contributed by atoms with Crippen molar-refractivity contribution in [1.29, 1.82) is 5.26 Å². The van der Waals surface area contributed by atoms with E-state index in [-0.39, 0.29) is 12.5 Å². The zero-order valence-electron chi connectivity index (χ0n) is 13.7. The van der Waals surface area contributed by atoms with Crippen molar-refractivity contribution in [2.45, 2.75) is 24.9 Å². The van der Waals surface area contributed by atoms with Gasteiger partial charge in [0.05, 0.1) is 6.61 Å². The Bertz CT molecular complexity index is 567. The highest BCUT2D eigenvalue weighted by Crippen LogP contribution is 2.32. The standard InChI is InChI=1S/C17H23N3O3/c1-19-16(21)17(13-22-2)8-3-10-20(17)12-14-4-6-15(7-5-14)23-11-9-18/h4-7H,3,8,10-13H2,1-2H3,(H,19,21). The third-order valence-electron chi connectivity index (χ3n) is 4.26. The summed E-state index contributed by atoms with van der Waals surface area (Å²) < 4.78 is 10.6. The smallest absolute Gasteiger partial charge is 0.242 e. The first kappa shape index (κ1) is 17.3. The second-order valence-corrected chi connectivity index (χ2v) is 5.66. The molecule has 1 aromatic rings. The summed E-state index contributed by atoms with van der Waals surface area (Å²) in [5.41, 5.74) is 0.500. The maximum absolute atomic E-state index is 12.4. The fourth-order valence-corrected chi connectivity index (χ4v) is 3.15. The molecule has 1 saturated heterocycles. The zero-order chi connectivity index (χ0) is 16.7. The van der Waals surface area contributed by atoms with E-state index in [0.29, 0.717) is 18.9 Å². The van der Waals surface area contributed by atoms with Crippen LogP contribution in [-0.4, -0.2) is 50.3 Å². The number of benzene rings is 1. The van der Waals surface area contributed by atoms with Gasteiger partial charge in [-0.1, -0.05) is 12.1 Å². The molecule has 0 bridgehead atoms. The molecular weight excluding hydrogens is 294 g/mol. The van der Waals surface area contributed by atoms with E-state index in [0.717, 1.165) is 24.9 Å². The van der Waals surface area contributed by atoms with E-state index in [1.807, 2.05) is 30.3 Å². The van der Waals surface area contributed by atoms with Gasteiger partial charge in [0.15, 0.2) is 6.61 Å². The van der Waals surface area contributed by atoms with Gasteiger partial charge in [0.2, 0.25) is 5.91 Å². The number of amides is 1. The molecule has 6 heteroatoms. The van der Waals surface area contributed by atoms with Crippen LogP contribution >= 0.6 is 0 Å². The van der Waals surface area contributed by atoms with E-state index in [1.54, 1.807) is 14.2 Å². The summed E-state index contributed by atoms with van der Waals surface area (Å²) in [6, 6.07) is 9.57. The minimum absolute atomic E-state index is 0.00539. The number of likely N-dealkylation sites (tertiary alicyclic amines) is 1. The van der Waals surface area contributed by atoms with Crippen LogP contribution in [0.4, 0.5) is 0 Å². The van der Waals surface area contributed by atoms with Gasteiger partial charge in [-0.3, -0.25) is 9.69 Å². The van der Waals surface area contributed by atoms with Crippen molar-refractivity contribution in [3.05, 3.63) is 29.8 Å². The summed E-state index contributed by atoms with van der Waals surface area (Å²) in [4.78, 5) is 14.6. The maximum atomic E-state index is 12.4. The molecule has 0 spiro atoms. The molecule has 1 heterocycles. The number of carbonyl (C=O) groups is 1. The predicted octanol–water partition coefficient (Wildman–Crippen LogP) is 1.32. The molecule has 0 radical (unpaired) electrons. The van der Waals surface area contributed by atoms with Crippen molar-refractivity contribution in [2.75, 3.05) is 33.9 Å². The summed E-state index contributed by atoms with van der Waals surface area (Å²) in [5.74, 6) is 0.678. The average molecular weight is 317 g/mol. The minimum Gasteiger partial charge on any atom is -0.479 e. The third-order valence-corrected chi connectivity index (χ3v) is 4.26. The molecule has 0 aliphatic carbocycles. The molecule has 1 unspecified atom stereocenters. The fraction of sp³-hybridized carbons (Fsp3) is 0.529. The lowest BCUT2D eigenvalue weighted by atomic mass is 9.95. The number of nitrogens with zero attached hydrogens (tertiary/aromatic N) is 2. The van der Waals surface area contributed by atoms with Gasteiger partial charge >= 0.3 is 0 Å². The molecule has 2 rings (SSSR count). The highest BCUT2D eigenvalue weighted by molar-refractivity contribution is 5.86. The molecule has 0 saturated carbocycles. The molecule has 1 amide bonds. The Kier molecular flexibility index (Phi) is 5.97. The van der Waals surface area contributed by atoms with Gasteiger partial charge in [-0.15, -0.1) is 0 Å². The minimum atomic E-state index is -0.598. The first-order valence-electron chi connectivity index (χ1n) is 7.71. The lowest BCUT2D eigenvalue weighted by Crippen LogP contribution is -2.57. The molecule has 6 nitrogen and oxygen atoms in total. The Morgan fingerprint density at radius 1 is 1.43 bits per heavy atom. The number of nitrogens with one attached hydrogen (secondary N) is 1. The normalized spacial score (nSPS) is 20.9. The summed E-state index contributed by atoms with van der Waals surface area (Å²) >= 11 is 0. The van der Waals surface area contributed by atoms with Gasteiger partial charge in [-0.25, -0.2) is 0 Å². The lowest BCUT2D eigenvalue weighted by molar-refractivity contribution is -0.135. The molecule has 0 aromatic heterocycles. The Labute approximate surface area is 137 Å². The van der Waals surface area contributed by atoms with Gasteiger partial charge in [0.1, 0.15) is 17.4 Å². The maximum Gasteiger partial charge on any atom is 0.242 e. The Morgan fingerprint density at radius 3 is 2.78 bits per heavy atom. The van der Waals surface area contributed by atoms with E-state index in [2.05, 4.69) is 10.2 Å². The van der Waals surface area contributed by atoms with Crippen LogP contribution in [-0.2, 0) is 16.1 Å². The number of ether oxygens (including phenoxy) is 2. The van der Waals surface area contributed by atoms with Crippen LogP contribution < -0.4 is 10.1 Å². The van der Waals surface area contributed by atoms with Gasteiger partial charge in [-0.05, 0) is 37.1 Å². The van der Waals surface area contributed by atoms with Crippen molar-refractivity contribution in [3.63, 3.8) is 0 Å². The SMILES string of the molecule is CNC(=O)C1(COC)CCCN1Cc1ccc(OCC#N)cc1. The molecule has 1 aromatic carbocycles. The van der Waals surface area contributed by atoms with E-state index < -0.39 is 5.54 Å². The van der Waals surface area contributed by atoms with Crippen LogP contribution in [0.3, 0.4) is 0 Å². The second kappa shape index (κ2) is 7.95. The van der Waals surface area contributed by atoms with Gasteiger partial charge in [0, 0.05) is 20.7 Å². The van der Waals surface area contributed by atoms with Crippen LogP contribution in [0.15, 0.2) is 24.3 Å². The predicted molar refractivity (Wildman–Crippen MR) is 85.9 cm³/mol. The largest absolute Gasteiger partial charge is 0.479 e. The van der Waals surface area contributed by atoms with Crippen LogP contribution in [0, 0.1) is 11.3 Å². The molecule has 124 valence electrons.